The van der Waals surface area contributed by atoms with Crippen LogP contribution in [0.15, 0.2) is 35.7 Å². The third kappa shape index (κ3) is 7.93. The minimum atomic E-state index is -1.37. The van der Waals surface area contributed by atoms with Gasteiger partial charge < -0.3 is 30.1 Å². The normalized spacial score (nSPS) is 26.5. The van der Waals surface area contributed by atoms with Gasteiger partial charge in [-0.15, -0.1) is 11.3 Å². The van der Waals surface area contributed by atoms with Gasteiger partial charge in [0.1, 0.15) is 35.0 Å². The Balaban J connectivity index is 1.33. The summed E-state index contributed by atoms with van der Waals surface area (Å²) in [6, 6.07) is 7.00. The SMILES string of the molecule is CC(C)(C)OC(=O)NC1CCCCCCCC2CC2(C(=O)O)NC(=O)C2CC(Oc3nc4cc(Cl)ccc4nc3-c3cccs3)CN2C1=O. The first-order chi connectivity index (χ1) is 23.3. The first kappa shape index (κ1) is 34.9. The van der Waals surface area contributed by atoms with Crippen LogP contribution >= 0.6 is 22.9 Å². The number of thiophene rings is 1. The van der Waals surface area contributed by atoms with Gasteiger partial charge in [0.15, 0.2) is 0 Å². The third-order valence-electron chi connectivity index (χ3n) is 9.34. The van der Waals surface area contributed by atoms with Crippen LogP contribution in [-0.4, -0.2) is 79.7 Å². The van der Waals surface area contributed by atoms with Crippen molar-refractivity contribution >= 4 is 57.8 Å². The summed E-state index contributed by atoms with van der Waals surface area (Å²) in [6.45, 7) is 5.23. The lowest BCUT2D eigenvalue weighted by Crippen LogP contribution is -2.56. The molecule has 0 radical (unpaired) electrons. The fraction of sp³-hybridized carbons (Fsp3) is 0.543. The van der Waals surface area contributed by atoms with Gasteiger partial charge in [-0.1, -0.05) is 49.8 Å². The zero-order valence-corrected chi connectivity index (χ0v) is 29.4. The van der Waals surface area contributed by atoms with Crippen molar-refractivity contribution in [1.82, 2.24) is 25.5 Å². The molecule has 3 aliphatic rings. The zero-order valence-electron chi connectivity index (χ0n) is 27.9. The van der Waals surface area contributed by atoms with E-state index in [0.717, 1.165) is 30.6 Å². The number of carbonyl (C=O) groups excluding carboxylic acids is 3. The second-order valence-electron chi connectivity index (χ2n) is 14.2. The average molecular weight is 712 g/mol. The summed E-state index contributed by atoms with van der Waals surface area (Å²) in [7, 11) is 0. The fourth-order valence-corrected chi connectivity index (χ4v) is 7.70. The number of hydrogen-bond donors (Lipinski definition) is 3. The van der Waals surface area contributed by atoms with E-state index in [4.69, 9.17) is 31.0 Å². The Hall–Kier alpha value is -3.97. The summed E-state index contributed by atoms with van der Waals surface area (Å²) in [5, 5.41) is 18.2. The van der Waals surface area contributed by atoms with Gasteiger partial charge >= 0.3 is 12.1 Å². The number of nitrogens with zero attached hydrogens (tertiary/aromatic N) is 3. The molecule has 2 saturated heterocycles. The molecule has 14 heteroatoms. The Kier molecular flexibility index (Phi) is 10.0. The lowest BCUT2D eigenvalue weighted by atomic mass is 10.0. The standard InChI is InChI=1S/C35H42ClN5O7S/c1-34(2,3)48-33(46)39-24-11-8-6-4-5-7-10-20-18-35(20,32(44)45)40-29(42)26-17-22(19-41(26)31(24)43)47-30-28(27-12-9-15-49-27)37-23-14-13-21(36)16-25(23)38-30/h9,12-16,20,22,24,26H,4-8,10-11,17-19H2,1-3H3,(H,39,46)(H,40,42)(H,44,45). The maximum absolute atomic E-state index is 14.3. The number of halogens is 1. The molecular formula is C35H42ClN5O7S. The van der Waals surface area contributed by atoms with Crippen LogP contribution in [0.3, 0.4) is 0 Å². The van der Waals surface area contributed by atoms with Gasteiger partial charge in [0.05, 0.1) is 22.5 Å². The van der Waals surface area contributed by atoms with Crippen LogP contribution in [0.2, 0.25) is 5.02 Å². The topological polar surface area (TPSA) is 160 Å². The van der Waals surface area contributed by atoms with Gasteiger partial charge in [0, 0.05) is 11.4 Å². The van der Waals surface area contributed by atoms with Crippen molar-refractivity contribution < 1.29 is 33.8 Å². The van der Waals surface area contributed by atoms with E-state index >= 15 is 0 Å². The quantitative estimate of drug-likeness (QED) is 0.290. The van der Waals surface area contributed by atoms with Crippen molar-refractivity contribution in [3.63, 3.8) is 0 Å². The number of nitrogens with one attached hydrogen (secondary N) is 2. The molecule has 1 saturated carbocycles. The highest BCUT2D eigenvalue weighted by molar-refractivity contribution is 7.13. The lowest BCUT2D eigenvalue weighted by Gasteiger charge is -2.30. The van der Waals surface area contributed by atoms with Crippen molar-refractivity contribution in [2.75, 3.05) is 6.54 Å². The predicted octanol–water partition coefficient (Wildman–Crippen LogP) is 5.96. The van der Waals surface area contributed by atoms with Crippen molar-refractivity contribution in [2.24, 2.45) is 5.92 Å². The second kappa shape index (κ2) is 14.1. The van der Waals surface area contributed by atoms with E-state index in [1.54, 1.807) is 39.0 Å². The summed E-state index contributed by atoms with van der Waals surface area (Å²) in [5.74, 6) is -2.05. The number of aromatic nitrogens is 2. The van der Waals surface area contributed by atoms with Gasteiger partial charge in [-0.3, -0.25) is 9.59 Å². The van der Waals surface area contributed by atoms with E-state index in [-0.39, 0.29) is 24.8 Å². The molecule has 6 rings (SSSR count). The van der Waals surface area contributed by atoms with E-state index in [1.165, 1.54) is 16.2 Å². The van der Waals surface area contributed by atoms with Crippen LogP contribution in [0.1, 0.15) is 78.6 Å². The molecule has 2 aromatic heterocycles. The van der Waals surface area contributed by atoms with E-state index in [2.05, 4.69) is 10.6 Å². The van der Waals surface area contributed by atoms with Crippen LogP contribution < -0.4 is 15.4 Å². The van der Waals surface area contributed by atoms with Gasteiger partial charge in [-0.05, 0) is 75.6 Å². The molecule has 1 aromatic carbocycles. The molecule has 3 N–H and O–H groups in total. The molecule has 1 aliphatic carbocycles. The summed E-state index contributed by atoms with van der Waals surface area (Å²) in [4.78, 5) is 65.6. The van der Waals surface area contributed by atoms with Crippen LogP contribution in [0, 0.1) is 5.92 Å². The van der Waals surface area contributed by atoms with Crippen LogP contribution in [-0.2, 0) is 19.1 Å². The van der Waals surface area contributed by atoms with Crippen molar-refractivity contribution in [2.45, 2.75) is 108 Å². The molecule has 3 amide bonds. The average Bonchev–Trinajstić information content (AvgIpc) is 3.33. The van der Waals surface area contributed by atoms with Gasteiger partial charge in [-0.25, -0.2) is 19.6 Å². The molecule has 3 fully saturated rings. The first-order valence-corrected chi connectivity index (χ1v) is 18.1. The minimum Gasteiger partial charge on any atom is -0.479 e. The van der Waals surface area contributed by atoms with Gasteiger partial charge in [0.2, 0.25) is 17.7 Å². The predicted molar refractivity (Wildman–Crippen MR) is 184 cm³/mol. The molecule has 5 unspecified atom stereocenters. The smallest absolute Gasteiger partial charge is 0.408 e. The largest absolute Gasteiger partial charge is 0.479 e. The minimum absolute atomic E-state index is 0.00601. The molecule has 2 aliphatic heterocycles. The molecule has 3 aromatic rings. The lowest BCUT2D eigenvalue weighted by molar-refractivity contribution is -0.146. The molecule has 5 atom stereocenters. The molecular weight excluding hydrogens is 670 g/mol. The van der Waals surface area contributed by atoms with Crippen molar-refractivity contribution in [1.29, 1.82) is 0 Å². The maximum atomic E-state index is 14.3. The van der Waals surface area contributed by atoms with Gasteiger partial charge in [-0.2, -0.15) is 0 Å². The van der Waals surface area contributed by atoms with E-state index < -0.39 is 53.2 Å². The highest BCUT2D eigenvalue weighted by atomic mass is 35.5. The number of rotatable bonds is 5. The Morgan fingerprint density at radius 1 is 1.08 bits per heavy atom. The molecule has 12 nitrogen and oxygen atoms in total. The van der Waals surface area contributed by atoms with E-state index in [9.17, 15) is 24.3 Å². The molecule has 4 heterocycles. The maximum Gasteiger partial charge on any atom is 0.408 e. The number of carbonyl (C=O) groups is 4. The molecule has 49 heavy (non-hydrogen) atoms. The monoisotopic (exact) mass is 711 g/mol. The van der Waals surface area contributed by atoms with E-state index in [1.807, 2.05) is 17.5 Å². The number of carboxylic acids is 1. The fourth-order valence-electron chi connectivity index (χ4n) is 6.83. The number of ether oxygens (including phenoxy) is 2. The van der Waals surface area contributed by atoms with Crippen molar-refractivity contribution in [3.8, 4) is 16.5 Å². The zero-order chi connectivity index (χ0) is 34.9. The Morgan fingerprint density at radius 2 is 1.84 bits per heavy atom. The Morgan fingerprint density at radius 3 is 2.55 bits per heavy atom. The van der Waals surface area contributed by atoms with Crippen LogP contribution in [0.25, 0.3) is 21.6 Å². The summed E-state index contributed by atoms with van der Waals surface area (Å²) < 4.78 is 12.0. The second-order valence-corrected chi connectivity index (χ2v) is 15.6. The number of fused-ring (bicyclic) bond motifs is 3. The highest BCUT2D eigenvalue weighted by Crippen LogP contribution is 2.47. The first-order valence-electron chi connectivity index (χ1n) is 16.9. The van der Waals surface area contributed by atoms with E-state index in [0.29, 0.717) is 47.4 Å². The molecule has 0 bridgehead atoms. The summed E-state index contributed by atoms with van der Waals surface area (Å²) >= 11 is 7.74. The number of amides is 3. The van der Waals surface area contributed by atoms with Crippen LogP contribution in [0.4, 0.5) is 4.79 Å². The number of carboxylic acid groups (broad SMARTS) is 1. The van der Waals surface area contributed by atoms with Gasteiger partial charge in [0.25, 0.3) is 0 Å². The third-order valence-corrected chi connectivity index (χ3v) is 10.5. The molecule has 0 spiro atoms. The summed E-state index contributed by atoms with van der Waals surface area (Å²) in [6.07, 6.45) is 4.27. The molecule has 262 valence electrons. The highest BCUT2D eigenvalue weighted by Gasteiger charge is 2.62. The van der Waals surface area contributed by atoms with Crippen LogP contribution in [0.5, 0.6) is 5.88 Å². The number of benzene rings is 1. The number of aliphatic carboxylic acids is 1. The summed E-state index contributed by atoms with van der Waals surface area (Å²) in [5.41, 5.74) is -0.481. The Bertz CT molecular complexity index is 1730. The Labute approximate surface area is 293 Å². The van der Waals surface area contributed by atoms with Crippen molar-refractivity contribution in [3.05, 3.63) is 40.7 Å². The number of hydrogen-bond acceptors (Lipinski definition) is 9. The number of alkyl carbamates (subject to hydrolysis) is 1.